The Morgan fingerprint density at radius 3 is 2.83 bits per heavy atom. The second-order valence-electron chi connectivity index (χ2n) is 4.54. The maximum Gasteiger partial charge on any atom is 0.307 e. The molecule has 0 spiro atoms. The molecule has 18 heavy (non-hydrogen) atoms. The summed E-state index contributed by atoms with van der Waals surface area (Å²) in [5.41, 5.74) is 0.845. The number of aromatic nitrogens is 1. The lowest BCUT2D eigenvalue weighted by Crippen LogP contribution is -2.29. The van der Waals surface area contributed by atoms with Crippen LogP contribution in [-0.4, -0.2) is 22.0 Å². The molecule has 0 radical (unpaired) electrons. The average molecular weight is 268 g/mol. The van der Waals surface area contributed by atoms with Gasteiger partial charge in [0.05, 0.1) is 28.6 Å². The highest BCUT2D eigenvalue weighted by molar-refractivity contribution is 7.09. The van der Waals surface area contributed by atoms with Crippen molar-refractivity contribution in [3.63, 3.8) is 0 Å². The molecule has 1 amide bonds. The van der Waals surface area contributed by atoms with Crippen molar-refractivity contribution in [2.24, 2.45) is 11.8 Å². The smallest absolute Gasteiger partial charge is 0.307 e. The van der Waals surface area contributed by atoms with Crippen molar-refractivity contribution in [3.8, 4) is 0 Å². The van der Waals surface area contributed by atoms with Crippen molar-refractivity contribution in [3.05, 3.63) is 16.1 Å². The number of carboxylic acid groups (broad SMARTS) is 1. The number of carbonyl (C=O) groups is 2. The van der Waals surface area contributed by atoms with Gasteiger partial charge in [0, 0.05) is 5.38 Å². The van der Waals surface area contributed by atoms with Gasteiger partial charge < -0.3 is 10.4 Å². The van der Waals surface area contributed by atoms with Crippen molar-refractivity contribution >= 4 is 23.2 Å². The van der Waals surface area contributed by atoms with Crippen LogP contribution in [0.15, 0.2) is 5.38 Å². The third kappa shape index (κ3) is 2.69. The molecular formula is C12H16N2O3S. The van der Waals surface area contributed by atoms with E-state index in [-0.39, 0.29) is 17.9 Å². The molecule has 6 heteroatoms. The number of aryl methyl sites for hydroxylation is 1. The Kier molecular flexibility index (Phi) is 3.65. The standard InChI is InChI=1S/C12H16N2O3S/c1-3-10-14-9(5-18-10)6(2)13-11(15)7-4-8(7)12(16)17/h5-8H,3-4H2,1-2H3,(H,13,15)(H,16,17)/t6-,7+,8-/m0/s1. The first-order valence-corrected chi connectivity index (χ1v) is 6.88. The second kappa shape index (κ2) is 5.06. The monoisotopic (exact) mass is 268 g/mol. The molecule has 0 aromatic carbocycles. The first-order chi connectivity index (χ1) is 8.52. The van der Waals surface area contributed by atoms with E-state index in [1.807, 2.05) is 19.2 Å². The Hall–Kier alpha value is -1.43. The van der Waals surface area contributed by atoms with Crippen LogP contribution in [0, 0.1) is 11.8 Å². The van der Waals surface area contributed by atoms with Crippen LogP contribution in [0.25, 0.3) is 0 Å². The summed E-state index contributed by atoms with van der Waals surface area (Å²) in [6.45, 7) is 3.90. The SMILES string of the molecule is CCc1nc([C@H](C)NC(=O)[C@@H]2C[C@@H]2C(=O)O)cs1. The molecule has 2 rings (SSSR count). The van der Waals surface area contributed by atoms with Crippen LogP contribution in [0.3, 0.4) is 0 Å². The van der Waals surface area contributed by atoms with Gasteiger partial charge in [-0.15, -0.1) is 11.3 Å². The summed E-state index contributed by atoms with van der Waals surface area (Å²) in [5.74, 6) is -1.93. The molecule has 5 nitrogen and oxygen atoms in total. The Morgan fingerprint density at radius 2 is 2.33 bits per heavy atom. The van der Waals surface area contributed by atoms with Gasteiger partial charge in [0.25, 0.3) is 0 Å². The van der Waals surface area contributed by atoms with Crippen molar-refractivity contribution in [1.29, 1.82) is 0 Å². The van der Waals surface area contributed by atoms with Gasteiger partial charge in [-0.25, -0.2) is 4.98 Å². The van der Waals surface area contributed by atoms with Gasteiger partial charge in [-0.05, 0) is 19.8 Å². The molecule has 1 fully saturated rings. The fraction of sp³-hybridized carbons (Fsp3) is 0.583. The summed E-state index contributed by atoms with van der Waals surface area (Å²) in [6, 6.07) is -0.163. The average Bonchev–Trinajstić information content (AvgIpc) is 3.00. The lowest BCUT2D eigenvalue weighted by molar-refractivity contribution is -0.140. The summed E-state index contributed by atoms with van der Waals surface area (Å²) in [4.78, 5) is 26.9. The van der Waals surface area contributed by atoms with E-state index in [0.717, 1.165) is 17.1 Å². The lowest BCUT2D eigenvalue weighted by atomic mass is 10.2. The maximum atomic E-state index is 11.8. The molecule has 1 aliphatic rings. The Balaban J connectivity index is 1.90. The normalized spacial score (nSPS) is 23.4. The first kappa shape index (κ1) is 13.0. The number of hydrogen-bond acceptors (Lipinski definition) is 4. The molecule has 0 aliphatic heterocycles. The zero-order valence-electron chi connectivity index (χ0n) is 10.3. The van der Waals surface area contributed by atoms with Gasteiger partial charge in [0.2, 0.25) is 5.91 Å². The molecule has 98 valence electrons. The van der Waals surface area contributed by atoms with Gasteiger partial charge in [-0.3, -0.25) is 9.59 Å². The van der Waals surface area contributed by atoms with Crippen LogP contribution in [0.2, 0.25) is 0 Å². The summed E-state index contributed by atoms with van der Waals surface area (Å²) in [6.07, 6.45) is 1.33. The third-order valence-corrected chi connectivity index (χ3v) is 4.13. The maximum absolute atomic E-state index is 11.8. The largest absolute Gasteiger partial charge is 0.481 e. The van der Waals surface area contributed by atoms with E-state index in [1.165, 1.54) is 0 Å². The van der Waals surface area contributed by atoms with Crippen molar-refractivity contribution < 1.29 is 14.7 Å². The molecular weight excluding hydrogens is 252 g/mol. The predicted octanol–water partition coefficient (Wildman–Crippen LogP) is 1.60. The zero-order chi connectivity index (χ0) is 13.3. The summed E-state index contributed by atoms with van der Waals surface area (Å²) in [7, 11) is 0. The predicted molar refractivity (Wildman–Crippen MR) is 67.3 cm³/mol. The Bertz CT molecular complexity index is 472. The van der Waals surface area contributed by atoms with Gasteiger partial charge in [0.1, 0.15) is 0 Å². The molecule has 3 atom stereocenters. The molecule has 1 aromatic rings. The van der Waals surface area contributed by atoms with Crippen molar-refractivity contribution in [1.82, 2.24) is 10.3 Å². The lowest BCUT2D eigenvalue weighted by Gasteiger charge is -2.11. The number of nitrogens with one attached hydrogen (secondary N) is 1. The summed E-state index contributed by atoms with van der Waals surface area (Å²) >= 11 is 1.58. The van der Waals surface area contributed by atoms with E-state index < -0.39 is 11.9 Å². The number of amides is 1. The number of nitrogens with zero attached hydrogens (tertiary/aromatic N) is 1. The molecule has 1 heterocycles. The van der Waals surface area contributed by atoms with E-state index in [9.17, 15) is 9.59 Å². The molecule has 1 aliphatic carbocycles. The minimum atomic E-state index is -0.885. The highest BCUT2D eigenvalue weighted by atomic mass is 32.1. The van der Waals surface area contributed by atoms with Crippen LogP contribution >= 0.6 is 11.3 Å². The first-order valence-electron chi connectivity index (χ1n) is 6.00. The molecule has 1 aromatic heterocycles. The number of rotatable bonds is 5. The number of aliphatic carboxylic acids is 1. The molecule has 1 saturated carbocycles. The number of hydrogen-bond donors (Lipinski definition) is 2. The highest BCUT2D eigenvalue weighted by Crippen LogP contribution is 2.39. The fourth-order valence-electron chi connectivity index (χ4n) is 1.84. The second-order valence-corrected chi connectivity index (χ2v) is 5.48. The van der Waals surface area contributed by atoms with E-state index in [2.05, 4.69) is 10.3 Å². The van der Waals surface area contributed by atoms with Crippen LogP contribution in [0.5, 0.6) is 0 Å². The van der Waals surface area contributed by atoms with Gasteiger partial charge >= 0.3 is 5.97 Å². The quantitative estimate of drug-likeness (QED) is 0.850. The Labute approximate surface area is 109 Å². The molecule has 0 unspecified atom stereocenters. The number of thiazole rings is 1. The van der Waals surface area contributed by atoms with E-state index in [4.69, 9.17) is 5.11 Å². The summed E-state index contributed by atoms with van der Waals surface area (Å²) < 4.78 is 0. The molecule has 0 saturated heterocycles. The van der Waals surface area contributed by atoms with Gasteiger partial charge in [0.15, 0.2) is 0 Å². The van der Waals surface area contributed by atoms with Crippen molar-refractivity contribution in [2.45, 2.75) is 32.7 Å². The van der Waals surface area contributed by atoms with E-state index in [1.54, 1.807) is 11.3 Å². The highest BCUT2D eigenvalue weighted by Gasteiger charge is 2.48. The van der Waals surface area contributed by atoms with Crippen LogP contribution in [0.4, 0.5) is 0 Å². The minimum Gasteiger partial charge on any atom is -0.481 e. The van der Waals surface area contributed by atoms with Crippen LogP contribution in [-0.2, 0) is 16.0 Å². The molecule has 2 N–H and O–H groups in total. The zero-order valence-corrected chi connectivity index (χ0v) is 11.2. The number of carbonyl (C=O) groups excluding carboxylic acids is 1. The van der Waals surface area contributed by atoms with E-state index in [0.29, 0.717) is 6.42 Å². The van der Waals surface area contributed by atoms with E-state index >= 15 is 0 Å². The Morgan fingerprint density at radius 1 is 1.61 bits per heavy atom. The van der Waals surface area contributed by atoms with Crippen LogP contribution in [0.1, 0.15) is 37.0 Å². The third-order valence-electron chi connectivity index (χ3n) is 3.12. The summed E-state index contributed by atoms with van der Waals surface area (Å²) in [5, 5.41) is 14.6. The molecule has 0 bridgehead atoms. The van der Waals surface area contributed by atoms with Gasteiger partial charge in [-0.1, -0.05) is 6.92 Å². The van der Waals surface area contributed by atoms with Gasteiger partial charge in [-0.2, -0.15) is 0 Å². The topological polar surface area (TPSA) is 79.3 Å². The minimum absolute atomic E-state index is 0.163. The number of carboxylic acids is 1. The van der Waals surface area contributed by atoms with Crippen LogP contribution < -0.4 is 5.32 Å². The van der Waals surface area contributed by atoms with Crippen molar-refractivity contribution in [2.75, 3.05) is 0 Å². The fourth-order valence-corrected chi connectivity index (χ4v) is 2.68.